The molecule has 108 valence electrons. The third-order valence-corrected chi connectivity index (χ3v) is 4.09. The average Bonchev–Trinajstić information content (AvgIpc) is 2.87. The summed E-state index contributed by atoms with van der Waals surface area (Å²) < 4.78 is 5.64. The monoisotopic (exact) mass is 289 g/mol. The van der Waals surface area contributed by atoms with Crippen LogP contribution in [0.15, 0.2) is 35.7 Å². The first-order chi connectivity index (χ1) is 9.69. The van der Waals surface area contributed by atoms with E-state index in [2.05, 4.69) is 35.8 Å². The summed E-state index contributed by atoms with van der Waals surface area (Å²) >= 11 is 1.84. The molecule has 0 spiro atoms. The maximum absolute atomic E-state index is 5.64. The molecule has 0 saturated carbocycles. The number of hydrogen-bond acceptors (Lipinski definition) is 3. The molecule has 2 nitrogen and oxygen atoms in total. The van der Waals surface area contributed by atoms with Gasteiger partial charge in [0.05, 0.1) is 6.10 Å². The molecule has 20 heavy (non-hydrogen) atoms. The molecule has 0 aliphatic rings. The largest absolute Gasteiger partial charge is 0.491 e. The van der Waals surface area contributed by atoms with Gasteiger partial charge in [0, 0.05) is 18.0 Å². The van der Waals surface area contributed by atoms with E-state index in [-0.39, 0.29) is 6.10 Å². The number of rotatable bonds is 7. The summed E-state index contributed by atoms with van der Waals surface area (Å²) in [6, 6.07) is 10.6. The van der Waals surface area contributed by atoms with Gasteiger partial charge in [0.25, 0.3) is 0 Å². The van der Waals surface area contributed by atoms with E-state index in [1.165, 1.54) is 16.0 Å². The number of aryl methyl sites for hydroxylation is 1. The Morgan fingerprint density at radius 2 is 1.85 bits per heavy atom. The lowest BCUT2D eigenvalue weighted by Crippen LogP contribution is -2.12. The van der Waals surface area contributed by atoms with Crippen molar-refractivity contribution in [3.05, 3.63) is 51.7 Å². The van der Waals surface area contributed by atoms with Crippen molar-refractivity contribution in [2.45, 2.75) is 46.4 Å². The van der Waals surface area contributed by atoms with Gasteiger partial charge in [-0.25, -0.2) is 0 Å². The van der Waals surface area contributed by atoms with Crippen molar-refractivity contribution in [3.8, 4) is 5.75 Å². The zero-order valence-corrected chi connectivity index (χ0v) is 13.3. The highest BCUT2D eigenvalue weighted by atomic mass is 32.1. The number of ether oxygens (including phenoxy) is 1. The molecule has 1 aromatic heterocycles. The molecule has 0 bridgehead atoms. The second kappa shape index (κ2) is 7.46. The van der Waals surface area contributed by atoms with Crippen LogP contribution in [-0.2, 0) is 19.5 Å². The minimum absolute atomic E-state index is 0.227. The highest BCUT2D eigenvalue weighted by Gasteiger charge is 2.02. The summed E-state index contributed by atoms with van der Waals surface area (Å²) in [5.74, 6) is 0.940. The third-order valence-electron chi connectivity index (χ3n) is 3.13. The average molecular weight is 289 g/mol. The summed E-state index contributed by atoms with van der Waals surface area (Å²) in [7, 11) is 0. The topological polar surface area (TPSA) is 21.3 Å². The van der Waals surface area contributed by atoms with Crippen molar-refractivity contribution in [1.82, 2.24) is 5.32 Å². The first-order valence-electron chi connectivity index (χ1n) is 7.20. The van der Waals surface area contributed by atoms with Crippen molar-refractivity contribution >= 4 is 11.3 Å². The van der Waals surface area contributed by atoms with Gasteiger partial charge in [0.15, 0.2) is 0 Å². The molecule has 0 aliphatic heterocycles. The maximum atomic E-state index is 5.64. The van der Waals surface area contributed by atoms with Gasteiger partial charge in [-0.2, -0.15) is 0 Å². The van der Waals surface area contributed by atoms with E-state index in [4.69, 9.17) is 4.74 Å². The lowest BCUT2D eigenvalue weighted by atomic mass is 10.2. The molecule has 1 heterocycles. The second-order valence-electron chi connectivity index (χ2n) is 5.14. The Hall–Kier alpha value is -1.32. The quantitative estimate of drug-likeness (QED) is 0.816. The van der Waals surface area contributed by atoms with Crippen LogP contribution in [0.25, 0.3) is 0 Å². The molecular weight excluding hydrogens is 266 g/mol. The summed E-state index contributed by atoms with van der Waals surface area (Å²) in [5.41, 5.74) is 2.75. The molecular formula is C17H23NOS. The second-order valence-corrected chi connectivity index (χ2v) is 6.14. The van der Waals surface area contributed by atoms with Gasteiger partial charge in [-0.15, -0.1) is 11.3 Å². The lowest BCUT2D eigenvalue weighted by Gasteiger charge is -2.10. The van der Waals surface area contributed by atoms with Crippen LogP contribution in [0, 0.1) is 0 Å². The van der Waals surface area contributed by atoms with Crippen molar-refractivity contribution in [1.29, 1.82) is 0 Å². The number of hydrogen-bond donors (Lipinski definition) is 1. The molecule has 2 rings (SSSR count). The Kier molecular flexibility index (Phi) is 5.62. The van der Waals surface area contributed by atoms with E-state index in [0.717, 1.165) is 25.3 Å². The Bertz CT molecular complexity index is 516. The summed E-state index contributed by atoms with van der Waals surface area (Å²) in [5, 5.41) is 5.68. The van der Waals surface area contributed by atoms with Crippen LogP contribution in [0.1, 0.15) is 36.8 Å². The van der Waals surface area contributed by atoms with Gasteiger partial charge in [-0.05, 0) is 55.0 Å². The van der Waals surface area contributed by atoms with Crippen LogP contribution in [-0.4, -0.2) is 6.10 Å². The van der Waals surface area contributed by atoms with Crippen LogP contribution >= 0.6 is 11.3 Å². The molecule has 0 saturated heterocycles. The Morgan fingerprint density at radius 3 is 2.50 bits per heavy atom. The van der Waals surface area contributed by atoms with Gasteiger partial charge >= 0.3 is 0 Å². The van der Waals surface area contributed by atoms with E-state index < -0.39 is 0 Å². The molecule has 0 aliphatic carbocycles. The van der Waals surface area contributed by atoms with Gasteiger partial charge in [0.1, 0.15) is 5.75 Å². The van der Waals surface area contributed by atoms with Gasteiger partial charge in [0.2, 0.25) is 0 Å². The lowest BCUT2D eigenvalue weighted by molar-refractivity contribution is 0.242. The molecule has 1 N–H and O–H groups in total. The van der Waals surface area contributed by atoms with Crippen molar-refractivity contribution in [2.24, 2.45) is 0 Å². The fraction of sp³-hybridized carbons (Fsp3) is 0.412. The first-order valence-corrected chi connectivity index (χ1v) is 8.08. The van der Waals surface area contributed by atoms with Crippen LogP contribution < -0.4 is 10.1 Å². The van der Waals surface area contributed by atoms with Crippen molar-refractivity contribution in [3.63, 3.8) is 0 Å². The van der Waals surface area contributed by atoms with E-state index in [1.807, 2.05) is 37.3 Å². The fourth-order valence-corrected chi connectivity index (χ4v) is 3.06. The van der Waals surface area contributed by atoms with E-state index in [1.54, 1.807) is 0 Å². The highest BCUT2D eigenvalue weighted by Crippen LogP contribution is 2.17. The normalized spacial score (nSPS) is 11.0. The standard InChI is InChI=1S/C17H23NOS/c1-4-15-9-10-20-17(15)12-18-11-14-5-7-16(8-6-14)19-13(2)3/h5-10,13,18H,4,11-12H2,1-3H3. The molecule has 3 heteroatoms. The van der Waals surface area contributed by atoms with Crippen molar-refractivity contribution < 1.29 is 4.74 Å². The Balaban J connectivity index is 1.82. The minimum Gasteiger partial charge on any atom is -0.491 e. The third kappa shape index (κ3) is 4.36. The predicted molar refractivity (Wildman–Crippen MR) is 86.4 cm³/mol. The zero-order valence-electron chi connectivity index (χ0n) is 12.5. The van der Waals surface area contributed by atoms with E-state index in [9.17, 15) is 0 Å². The molecule has 0 unspecified atom stereocenters. The van der Waals surface area contributed by atoms with Crippen LogP contribution in [0.2, 0.25) is 0 Å². The molecule has 0 fully saturated rings. The summed E-state index contributed by atoms with van der Waals surface area (Å²) in [4.78, 5) is 1.45. The van der Waals surface area contributed by atoms with E-state index in [0.29, 0.717) is 0 Å². The molecule has 0 amide bonds. The van der Waals surface area contributed by atoms with Crippen LogP contribution in [0.3, 0.4) is 0 Å². The summed E-state index contributed by atoms with van der Waals surface area (Å²) in [6.45, 7) is 8.14. The highest BCUT2D eigenvalue weighted by molar-refractivity contribution is 7.10. The molecule has 2 aromatic rings. The van der Waals surface area contributed by atoms with Gasteiger partial charge < -0.3 is 10.1 Å². The fourth-order valence-electron chi connectivity index (χ4n) is 2.12. The zero-order chi connectivity index (χ0) is 14.4. The molecule has 0 atom stereocenters. The predicted octanol–water partition coefficient (Wildman–Crippen LogP) is 4.39. The smallest absolute Gasteiger partial charge is 0.119 e. The number of nitrogens with one attached hydrogen (secondary N) is 1. The SMILES string of the molecule is CCc1ccsc1CNCc1ccc(OC(C)C)cc1. The Morgan fingerprint density at radius 1 is 1.10 bits per heavy atom. The van der Waals surface area contributed by atoms with E-state index >= 15 is 0 Å². The maximum Gasteiger partial charge on any atom is 0.119 e. The summed E-state index contributed by atoms with van der Waals surface area (Å²) in [6.07, 6.45) is 1.34. The number of benzene rings is 1. The molecule has 0 radical (unpaired) electrons. The first kappa shape index (κ1) is 15.1. The number of thiophene rings is 1. The minimum atomic E-state index is 0.227. The van der Waals surface area contributed by atoms with Gasteiger partial charge in [-0.1, -0.05) is 19.1 Å². The molecule has 1 aromatic carbocycles. The van der Waals surface area contributed by atoms with Crippen LogP contribution in [0.5, 0.6) is 5.75 Å². The Labute approximate surface area is 125 Å². The van der Waals surface area contributed by atoms with Crippen LogP contribution in [0.4, 0.5) is 0 Å². The van der Waals surface area contributed by atoms with Gasteiger partial charge in [-0.3, -0.25) is 0 Å². The van der Waals surface area contributed by atoms with Crippen molar-refractivity contribution in [2.75, 3.05) is 0 Å².